The summed E-state index contributed by atoms with van der Waals surface area (Å²) in [5.41, 5.74) is 1.04. The molecule has 0 heterocycles. The predicted molar refractivity (Wildman–Crippen MR) is 92.5 cm³/mol. The van der Waals surface area contributed by atoms with Gasteiger partial charge in [0.2, 0.25) is 6.08 Å². The first-order chi connectivity index (χ1) is 12.5. The molecule has 0 bridgehead atoms. The normalized spacial score (nSPS) is 10.8. The second-order valence-corrected chi connectivity index (χ2v) is 5.72. The summed E-state index contributed by atoms with van der Waals surface area (Å²) in [6.45, 7) is 6.32. The van der Waals surface area contributed by atoms with Crippen LogP contribution in [0, 0.1) is 11.5 Å². The van der Waals surface area contributed by atoms with Crippen LogP contribution in [0.15, 0.2) is 17.1 Å². The van der Waals surface area contributed by atoms with Crippen LogP contribution in [0.4, 0.5) is 0 Å². The van der Waals surface area contributed by atoms with Crippen LogP contribution < -0.4 is 0 Å². The Morgan fingerprint density at radius 1 is 1.08 bits per heavy atom. The average Bonchev–Trinajstić information content (AvgIpc) is 2.61. The molecule has 0 spiro atoms. The maximum Gasteiger partial charge on any atom is 0.331 e. The van der Waals surface area contributed by atoms with Crippen molar-refractivity contribution < 1.29 is 28.6 Å². The fourth-order valence-corrected chi connectivity index (χ4v) is 1.97. The predicted octanol–water partition coefficient (Wildman–Crippen LogP) is 2.58. The summed E-state index contributed by atoms with van der Waals surface area (Å²) in [5, 5.41) is 8.24. The molecule has 0 aliphatic carbocycles. The van der Waals surface area contributed by atoms with E-state index in [1.54, 1.807) is 6.26 Å². The van der Waals surface area contributed by atoms with Crippen molar-refractivity contribution in [1.82, 2.24) is 0 Å². The van der Waals surface area contributed by atoms with E-state index < -0.39 is 12.0 Å². The van der Waals surface area contributed by atoms with E-state index in [-0.39, 0.29) is 25.6 Å². The van der Waals surface area contributed by atoms with Crippen LogP contribution >= 0.6 is 0 Å². The molecule has 0 radical (unpaired) electrons. The van der Waals surface area contributed by atoms with Crippen LogP contribution in [0.1, 0.15) is 51.9 Å². The highest BCUT2D eigenvalue weighted by molar-refractivity contribution is 5.77. The second kappa shape index (κ2) is 15.9. The molecule has 0 rings (SSSR count). The van der Waals surface area contributed by atoms with Crippen molar-refractivity contribution >= 4 is 18.0 Å². The monoisotopic (exact) mass is 366 g/mol. The Hall–Kier alpha value is -2.65. The number of aliphatic imine (C=N–C) groups is 1. The van der Waals surface area contributed by atoms with Crippen molar-refractivity contribution in [3.8, 4) is 6.26 Å². The zero-order valence-electron chi connectivity index (χ0n) is 15.2. The van der Waals surface area contributed by atoms with E-state index in [0.29, 0.717) is 32.3 Å². The zero-order valence-corrected chi connectivity index (χ0v) is 15.2. The third kappa shape index (κ3) is 13.8. The number of carbonyl (C=O) groups excluding carboxylic acids is 3. The third-order valence-electron chi connectivity index (χ3n) is 3.30. The van der Waals surface area contributed by atoms with E-state index in [4.69, 9.17) is 14.7 Å². The van der Waals surface area contributed by atoms with Gasteiger partial charge in [0, 0.05) is 6.42 Å². The molecule has 0 amide bonds. The van der Waals surface area contributed by atoms with Crippen LogP contribution in [0.25, 0.3) is 0 Å². The van der Waals surface area contributed by atoms with Crippen LogP contribution in [0.2, 0.25) is 0 Å². The number of isocyanates is 1. The molecular weight excluding hydrogens is 340 g/mol. The van der Waals surface area contributed by atoms with Crippen molar-refractivity contribution in [2.45, 2.75) is 57.9 Å². The van der Waals surface area contributed by atoms with Gasteiger partial charge >= 0.3 is 11.9 Å². The van der Waals surface area contributed by atoms with E-state index in [1.165, 1.54) is 6.08 Å². The summed E-state index contributed by atoms with van der Waals surface area (Å²) in [6, 6.07) is -0.927. The number of nitriles is 1. The Morgan fingerprint density at radius 3 is 2.42 bits per heavy atom. The lowest BCUT2D eigenvalue weighted by Crippen LogP contribution is -2.22. The largest absolute Gasteiger partial charge is 0.466 e. The number of nitrogens with zero attached hydrogens (tertiary/aromatic N) is 2. The molecule has 8 nitrogen and oxygen atoms in total. The molecule has 1 atom stereocenters. The smallest absolute Gasteiger partial charge is 0.331 e. The summed E-state index contributed by atoms with van der Waals surface area (Å²) in [5.74, 6) is -0.980. The molecule has 0 aromatic carbocycles. The number of allylic oxidation sites excluding steroid dienone is 1. The molecule has 1 unspecified atom stereocenters. The molecule has 0 fully saturated rings. The Bertz CT molecular complexity index is 534. The van der Waals surface area contributed by atoms with E-state index >= 15 is 0 Å². The Balaban J connectivity index is 3.90. The first-order valence-corrected chi connectivity index (χ1v) is 8.55. The summed E-state index contributed by atoms with van der Waals surface area (Å²) in [6.07, 6.45) is 6.33. The van der Waals surface area contributed by atoms with Gasteiger partial charge in [-0.25, -0.2) is 9.59 Å². The number of carbonyl (C=O) groups is 2. The molecule has 144 valence electrons. The van der Waals surface area contributed by atoms with Gasteiger partial charge in [-0.1, -0.05) is 5.57 Å². The minimum atomic E-state index is -0.927. The van der Waals surface area contributed by atoms with E-state index in [0.717, 1.165) is 18.4 Å². The minimum absolute atomic E-state index is 0.0438. The quantitative estimate of drug-likeness (QED) is 0.109. The Kier molecular flexibility index (Phi) is 14.2. The number of rotatable bonds is 15. The van der Waals surface area contributed by atoms with Crippen LogP contribution in [-0.4, -0.2) is 43.9 Å². The van der Waals surface area contributed by atoms with E-state index in [1.807, 2.05) is 6.92 Å². The van der Waals surface area contributed by atoms with E-state index in [2.05, 4.69) is 16.3 Å². The van der Waals surface area contributed by atoms with Gasteiger partial charge in [0.15, 0.2) is 6.04 Å². The van der Waals surface area contributed by atoms with Gasteiger partial charge in [-0.2, -0.15) is 10.3 Å². The van der Waals surface area contributed by atoms with Crippen molar-refractivity contribution in [1.29, 1.82) is 5.26 Å². The number of hydrogen-bond donors (Lipinski definition) is 0. The number of hydrogen-bond acceptors (Lipinski definition) is 8. The van der Waals surface area contributed by atoms with Crippen LogP contribution in [0.5, 0.6) is 0 Å². The molecule has 0 saturated carbocycles. The molecule has 8 heteroatoms. The van der Waals surface area contributed by atoms with E-state index in [9.17, 15) is 14.4 Å². The Morgan fingerprint density at radius 2 is 1.77 bits per heavy atom. The maximum atomic E-state index is 11.9. The second-order valence-electron chi connectivity index (χ2n) is 5.72. The first-order valence-electron chi connectivity index (χ1n) is 8.55. The van der Waals surface area contributed by atoms with Crippen molar-refractivity contribution in [2.24, 2.45) is 4.99 Å². The molecule has 0 aliphatic heterocycles. The highest BCUT2D eigenvalue weighted by Gasteiger charge is 2.19. The number of esters is 2. The minimum Gasteiger partial charge on any atom is -0.466 e. The molecule has 0 saturated heterocycles. The summed E-state index contributed by atoms with van der Waals surface area (Å²) >= 11 is 0. The maximum absolute atomic E-state index is 11.9. The third-order valence-corrected chi connectivity index (χ3v) is 3.30. The van der Waals surface area contributed by atoms with Gasteiger partial charge in [0.05, 0.1) is 13.2 Å². The average molecular weight is 366 g/mol. The zero-order chi connectivity index (χ0) is 19.6. The first kappa shape index (κ1) is 23.4. The van der Waals surface area contributed by atoms with Crippen molar-refractivity contribution in [3.63, 3.8) is 0 Å². The number of unbranched alkanes of at least 4 members (excludes halogenated alkanes) is 1. The summed E-state index contributed by atoms with van der Waals surface area (Å²) in [7, 11) is 0. The fraction of sp³-hybridized carbons (Fsp3) is 0.667. The molecule has 0 aromatic heterocycles. The van der Waals surface area contributed by atoms with Crippen molar-refractivity contribution in [2.75, 3.05) is 19.8 Å². The Labute approximate surface area is 153 Å². The molecule has 0 aromatic rings. The summed E-state index contributed by atoms with van der Waals surface area (Å²) in [4.78, 5) is 37.2. The van der Waals surface area contributed by atoms with Crippen LogP contribution in [0.3, 0.4) is 0 Å². The van der Waals surface area contributed by atoms with Gasteiger partial charge < -0.3 is 14.2 Å². The standard InChI is InChI=1S/C18H26N2O6/c1-15(2)7-5-11-25-17(22)9-6-12-26-18(23)16(20-14-21)8-3-4-10-24-13-19/h16H,1,3-12H2,2H3. The van der Waals surface area contributed by atoms with Gasteiger partial charge in [-0.15, -0.1) is 6.58 Å². The number of ether oxygens (including phenoxy) is 3. The van der Waals surface area contributed by atoms with Gasteiger partial charge in [0.1, 0.15) is 6.61 Å². The van der Waals surface area contributed by atoms with Gasteiger partial charge in [-0.3, -0.25) is 4.79 Å². The molecular formula is C18H26N2O6. The van der Waals surface area contributed by atoms with Crippen molar-refractivity contribution in [3.05, 3.63) is 12.2 Å². The SMILES string of the molecule is C=C(C)CCCOC(=O)CCCOC(=O)C(CCCCOC#N)N=C=O. The molecule has 0 aliphatic rings. The highest BCUT2D eigenvalue weighted by atomic mass is 16.5. The van der Waals surface area contributed by atoms with Crippen LogP contribution in [-0.2, 0) is 28.6 Å². The summed E-state index contributed by atoms with van der Waals surface area (Å²) < 4.78 is 14.6. The lowest BCUT2D eigenvalue weighted by Gasteiger charge is -2.10. The van der Waals surface area contributed by atoms with Gasteiger partial charge in [-0.05, 0) is 45.4 Å². The van der Waals surface area contributed by atoms with Gasteiger partial charge in [0.25, 0.3) is 6.26 Å². The molecule has 26 heavy (non-hydrogen) atoms. The lowest BCUT2D eigenvalue weighted by atomic mass is 10.1. The highest BCUT2D eigenvalue weighted by Crippen LogP contribution is 2.08. The lowest BCUT2D eigenvalue weighted by molar-refractivity contribution is -0.148. The topological polar surface area (TPSA) is 115 Å². The molecule has 0 N–H and O–H groups in total. The fourth-order valence-electron chi connectivity index (χ4n) is 1.97.